The lowest BCUT2D eigenvalue weighted by Crippen LogP contribution is -2.42. The second kappa shape index (κ2) is 7.29. The highest BCUT2D eigenvalue weighted by Gasteiger charge is 2.34. The summed E-state index contributed by atoms with van der Waals surface area (Å²) >= 11 is 1.31. The lowest BCUT2D eigenvalue weighted by Gasteiger charge is -2.32. The summed E-state index contributed by atoms with van der Waals surface area (Å²) in [5.41, 5.74) is 7.27. The van der Waals surface area contributed by atoms with Crippen molar-refractivity contribution in [3.8, 4) is 0 Å². The predicted octanol–water partition coefficient (Wildman–Crippen LogP) is 3.07. The number of ether oxygens (including phenoxy) is 1. The number of carbonyl (C=O) groups excluding carboxylic acids is 1. The Kier molecular flexibility index (Phi) is 4.96. The Hall–Kier alpha value is -2.26. The SMILES string of the molecule is Cc1ccc(S(=O)(=O)N2CCO[C@H](c3c(C(N)=O)sc4ccccc34)C2)cc1. The summed E-state index contributed by atoms with van der Waals surface area (Å²) in [7, 11) is -3.65. The predicted molar refractivity (Wildman–Crippen MR) is 109 cm³/mol. The summed E-state index contributed by atoms with van der Waals surface area (Å²) in [4.78, 5) is 12.7. The Morgan fingerprint density at radius 2 is 1.89 bits per heavy atom. The van der Waals surface area contributed by atoms with Crippen molar-refractivity contribution in [3.63, 3.8) is 0 Å². The zero-order chi connectivity index (χ0) is 19.9. The van der Waals surface area contributed by atoms with Crippen LogP contribution in [-0.4, -0.2) is 38.3 Å². The molecule has 146 valence electrons. The number of amides is 1. The largest absolute Gasteiger partial charge is 0.371 e. The molecule has 1 aromatic heterocycles. The standard InChI is InChI=1S/C20H20N2O4S2/c1-13-6-8-14(9-7-13)28(24,25)22-10-11-26-16(12-22)18-15-4-2-3-5-17(15)27-19(18)20(21)23/h2-9,16H,10-12H2,1H3,(H2,21,23)/t16-/m0/s1. The number of rotatable bonds is 4. The summed E-state index contributed by atoms with van der Waals surface area (Å²) in [5, 5.41) is 0.876. The Labute approximate surface area is 167 Å². The maximum absolute atomic E-state index is 13.1. The Bertz CT molecular complexity index is 1140. The molecule has 3 aromatic rings. The molecule has 0 spiro atoms. The van der Waals surface area contributed by atoms with Crippen LogP contribution in [0.1, 0.15) is 26.9 Å². The van der Waals surface area contributed by atoms with Crippen LogP contribution in [0, 0.1) is 6.92 Å². The first kappa shape index (κ1) is 19.1. The molecule has 6 nitrogen and oxygen atoms in total. The van der Waals surface area contributed by atoms with Crippen LogP contribution >= 0.6 is 11.3 Å². The Morgan fingerprint density at radius 1 is 1.18 bits per heavy atom. The average Bonchev–Trinajstić information content (AvgIpc) is 3.08. The van der Waals surface area contributed by atoms with Gasteiger partial charge in [-0.15, -0.1) is 11.3 Å². The van der Waals surface area contributed by atoms with Gasteiger partial charge in [0.1, 0.15) is 0 Å². The van der Waals surface area contributed by atoms with Crippen molar-refractivity contribution < 1.29 is 17.9 Å². The fourth-order valence-electron chi connectivity index (χ4n) is 3.45. The minimum Gasteiger partial charge on any atom is -0.371 e. The van der Waals surface area contributed by atoms with E-state index in [1.807, 2.05) is 31.2 Å². The molecule has 8 heteroatoms. The molecule has 0 saturated carbocycles. The molecule has 2 aromatic carbocycles. The quantitative estimate of drug-likeness (QED) is 0.708. The van der Waals surface area contributed by atoms with E-state index in [0.717, 1.165) is 15.6 Å². The van der Waals surface area contributed by atoms with Gasteiger partial charge in [0, 0.05) is 23.4 Å². The van der Waals surface area contributed by atoms with Gasteiger partial charge in [-0.25, -0.2) is 8.42 Å². The van der Waals surface area contributed by atoms with E-state index in [0.29, 0.717) is 10.4 Å². The number of primary amides is 1. The molecule has 1 aliphatic heterocycles. The van der Waals surface area contributed by atoms with Crippen LogP contribution in [-0.2, 0) is 14.8 Å². The van der Waals surface area contributed by atoms with Gasteiger partial charge < -0.3 is 10.5 Å². The summed E-state index contributed by atoms with van der Waals surface area (Å²) < 4.78 is 34.4. The second-order valence-corrected chi connectivity index (χ2v) is 9.73. The van der Waals surface area contributed by atoms with Gasteiger partial charge in [-0.3, -0.25) is 4.79 Å². The van der Waals surface area contributed by atoms with Crippen molar-refractivity contribution in [1.29, 1.82) is 0 Å². The molecule has 4 rings (SSSR count). The lowest BCUT2D eigenvalue weighted by atomic mass is 10.0. The molecular weight excluding hydrogens is 396 g/mol. The van der Waals surface area contributed by atoms with Crippen molar-refractivity contribution in [1.82, 2.24) is 4.31 Å². The van der Waals surface area contributed by atoms with E-state index >= 15 is 0 Å². The summed E-state index contributed by atoms with van der Waals surface area (Å²) in [5.74, 6) is -0.529. The molecule has 0 aliphatic carbocycles. The number of sulfonamides is 1. The first-order valence-electron chi connectivity index (χ1n) is 8.87. The number of aryl methyl sites for hydroxylation is 1. The first-order valence-corrected chi connectivity index (χ1v) is 11.1. The number of hydrogen-bond donors (Lipinski definition) is 1. The summed E-state index contributed by atoms with van der Waals surface area (Å²) in [6, 6.07) is 14.4. The number of benzene rings is 2. The van der Waals surface area contributed by atoms with E-state index in [9.17, 15) is 13.2 Å². The van der Waals surface area contributed by atoms with Crippen LogP contribution in [0.3, 0.4) is 0 Å². The number of thiophene rings is 1. The van der Waals surface area contributed by atoms with Crippen molar-refractivity contribution in [3.05, 3.63) is 64.5 Å². The van der Waals surface area contributed by atoms with Crippen molar-refractivity contribution in [2.75, 3.05) is 19.7 Å². The molecule has 2 heterocycles. The van der Waals surface area contributed by atoms with Gasteiger partial charge in [0.25, 0.3) is 5.91 Å². The van der Waals surface area contributed by atoms with Crippen LogP contribution in [0.15, 0.2) is 53.4 Å². The van der Waals surface area contributed by atoms with E-state index in [1.165, 1.54) is 15.6 Å². The van der Waals surface area contributed by atoms with E-state index in [4.69, 9.17) is 10.5 Å². The molecule has 0 unspecified atom stereocenters. The fourth-order valence-corrected chi connectivity index (χ4v) is 5.98. The second-order valence-electron chi connectivity index (χ2n) is 6.74. The smallest absolute Gasteiger partial charge is 0.259 e. The zero-order valence-corrected chi connectivity index (χ0v) is 16.9. The normalized spacial score (nSPS) is 18.4. The minimum absolute atomic E-state index is 0.136. The number of morpholine rings is 1. The monoisotopic (exact) mass is 416 g/mol. The third-order valence-electron chi connectivity index (χ3n) is 4.87. The summed E-state index contributed by atoms with van der Waals surface area (Å²) in [6.07, 6.45) is -0.548. The molecule has 2 N–H and O–H groups in total. The zero-order valence-electron chi connectivity index (χ0n) is 15.3. The third kappa shape index (κ3) is 3.33. The molecule has 1 saturated heterocycles. The number of hydrogen-bond acceptors (Lipinski definition) is 5. The van der Waals surface area contributed by atoms with E-state index < -0.39 is 22.0 Å². The van der Waals surface area contributed by atoms with Gasteiger partial charge in [-0.1, -0.05) is 35.9 Å². The number of nitrogens with zero attached hydrogens (tertiary/aromatic N) is 1. The molecule has 0 radical (unpaired) electrons. The molecule has 28 heavy (non-hydrogen) atoms. The van der Waals surface area contributed by atoms with Crippen molar-refractivity contribution in [2.45, 2.75) is 17.9 Å². The highest BCUT2D eigenvalue weighted by molar-refractivity contribution is 7.89. The number of nitrogens with two attached hydrogens (primary N) is 1. The molecule has 0 bridgehead atoms. The van der Waals surface area contributed by atoms with Crippen LogP contribution < -0.4 is 5.73 Å². The van der Waals surface area contributed by atoms with Gasteiger partial charge in [0.15, 0.2) is 0 Å². The Morgan fingerprint density at radius 3 is 2.61 bits per heavy atom. The van der Waals surface area contributed by atoms with Crippen LogP contribution in [0.2, 0.25) is 0 Å². The molecule has 1 aliphatic rings. The Balaban J connectivity index is 1.72. The average molecular weight is 417 g/mol. The molecule has 1 fully saturated rings. The van der Waals surface area contributed by atoms with Crippen molar-refractivity contribution >= 4 is 37.4 Å². The molecule has 1 amide bonds. The third-order valence-corrected chi connectivity index (χ3v) is 7.95. The minimum atomic E-state index is -3.65. The highest BCUT2D eigenvalue weighted by atomic mass is 32.2. The van der Waals surface area contributed by atoms with E-state index in [2.05, 4.69) is 0 Å². The van der Waals surface area contributed by atoms with Crippen molar-refractivity contribution in [2.24, 2.45) is 5.73 Å². The first-order chi connectivity index (χ1) is 13.4. The van der Waals surface area contributed by atoms with Gasteiger partial charge in [0.2, 0.25) is 10.0 Å². The van der Waals surface area contributed by atoms with Crippen LogP contribution in [0.5, 0.6) is 0 Å². The number of carbonyl (C=O) groups is 1. The fraction of sp³-hybridized carbons (Fsp3) is 0.250. The highest BCUT2D eigenvalue weighted by Crippen LogP contribution is 2.38. The summed E-state index contributed by atoms with van der Waals surface area (Å²) in [6.45, 7) is 2.56. The maximum Gasteiger partial charge on any atom is 0.259 e. The van der Waals surface area contributed by atoms with Crippen LogP contribution in [0.25, 0.3) is 10.1 Å². The van der Waals surface area contributed by atoms with Crippen LogP contribution in [0.4, 0.5) is 0 Å². The number of fused-ring (bicyclic) bond motifs is 1. The topological polar surface area (TPSA) is 89.7 Å². The van der Waals surface area contributed by atoms with Gasteiger partial charge in [0.05, 0.1) is 22.5 Å². The molecule has 1 atom stereocenters. The molecular formula is C20H20N2O4S2. The van der Waals surface area contributed by atoms with Gasteiger partial charge in [-0.2, -0.15) is 4.31 Å². The van der Waals surface area contributed by atoms with Gasteiger partial charge in [-0.05, 0) is 30.5 Å². The van der Waals surface area contributed by atoms with Gasteiger partial charge >= 0.3 is 0 Å². The van der Waals surface area contributed by atoms with E-state index in [1.54, 1.807) is 24.3 Å². The maximum atomic E-state index is 13.1. The lowest BCUT2D eigenvalue weighted by molar-refractivity contribution is -0.00188. The van der Waals surface area contributed by atoms with E-state index in [-0.39, 0.29) is 24.6 Å².